The average molecular weight is 937 g/mol. The van der Waals surface area contributed by atoms with E-state index in [-0.39, 0.29) is 76.0 Å². The molecule has 0 radical (unpaired) electrons. The number of hydrogen-bond acceptors (Lipinski definition) is 14. The van der Waals surface area contributed by atoms with E-state index in [1.807, 2.05) is 60.7 Å². The zero-order valence-corrected chi connectivity index (χ0v) is 40.4. The Hall–Kier alpha value is -5.60. The van der Waals surface area contributed by atoms with Crippen LogP contribution in [0.15, 0.2) is 60.7 Å². The van der Waals surface area contributed by atoms with Gasteiger partial charge in [-0.25, -0.2) is 0 Å². The van der Waals surface area contributed by atoms with Crippen LogP contribution in [0, 0.1) is 0 Å². The standard InChI is InChI=1S/C54H72N4O10/c1-5-9-13-23-42(59)65-31-53(32-66-43(60)24-14-10-6-2)55-39-21-18-20-36-29-37(30-41(57-53)46(36)39)48-51(63)49(52(48)64)38-28-27-35-19-17-22-40-47(35)50(38)58-54(56-40,33-67-44(61)25-15-11-7-3)34-68-45(62)26-16-12-8-4/h17-22,27-30,48-49,51-52,55-58,63-64H,5-16,23-26,31-34H2,1-4H3. The Morgan fingerprint density at radius 2 is 0.912 bits per heavy atom. The van der Waals surface area contributed by atoms with Crippen LogP contribution in [-0.4, -0.2) is 84.1 Å². The number of aliphatic hydroxyl groups excluding tert-OH is 2. The van der Waals surface area contributed by atoms with Gasteiger partial charge in [-0.2, -0.15) is 0 Å². The monoisotopic (exact) mass is 937 g/mol. The third-order valence-corrected chi connectivity index (χ3v) is 13.6. The van der Waals surface area contributed by atoms with Gasteiger partial charge in [-0.3, -0.25) is 19.2 Å². The van der Waals surface area contributed by atoms with Gasteiger partial charge in [0.15, 0.2) is 11.3 Å². The van der Waals surface area contributed by atoms with E-state index in [9.17, 15) is 29.4 Å². The van der Waals surface area contributed by atoms with Crippen molar-refractivity contribution < 1.29 is 48.3 Å². The second kappa shape index (κ2) is 23.1. The zero-order valence-electron chi connectivity index (χ0n) is 40.4. The molecule has 4 aromatic carbocycles. The van der Waals surface area contributed by atoms with Crippen molar-refractivity contribution in [3.63, 3.8) is 0 Å². The highest BCUT2D eigenvalue weighted by atomic mass is 16.6. The molecule has 6 N–H and O–H groups in total. The van der Waals surface area contributed by atoms with Crippen molar-refractivity contribution in [2.24, 2.45) is 0 Å². The number of nitrogens with one attached hydrogen (secondary N) is 4. The van der Waals surface area contributed by atoms with E-state index in [4.69, 9.17) is 18.9 Å². The summed E-state index contributed by atoms with van der Waals surface area (Å²) in [6.45, 7) is 7.75. The summed E-state index contributed by atoms with van der Waals surface area (Å²) in [4.78, 5) is 52.0. The van der Waals surface area contributed by atoms with Gasteiger partial charge in [0.2, 0.25) is 0 Å². The zero-order chi connectivity index (χ0) is 48.3. The first-order chi connectivity index (χ1) is 32.9. The molecule has 0 spiro atoms. The summed E-state index contributed by atoms with van der Waals surface area (Å²) >= 11 is 0. The quantitative estimate of drug-likeness (QED) is 0.0198. The molecule has 1 fully saturated rings. The van der Waals surface area contributed by atoms with Crippen LogP contribution in [0.3, 0.4) is 0 Å². The normalized spacial score (nSPS) is 19.4. The van der Waals surface area contributed by atoms with Gasteiger partial charge in [-0.05, 0) is 65.8 Å². The van der Waals surface area contributed by atoms with E-state index in [1.54, 1.807) is 0 Å². The van der Waals surface area contributed by atoms with Gasteiger partial charge in [0.25, 0.3) is 0 Å². The highest BCUT2D eigenvalue weighted by molar-refractivity contribution is 6.07. The van der Waals surface area contributed by atoms with E-state index in [2.05, 4.69) is 49.0 Å². The summed E-state index contributed by atoms with van der Waals surface area (Å²) in [5.41, 5.74) is 1.72. The number of carbonyl (C=O) groups is 4. The van der Waals surface area contributed by atoms with Gasteiger partial charge >= 0.3 is 23.9 Å². The molecule has 14 nitrogen and oxygen atoms in total. The van der Waals surface area contributed by atoms with Crippen LogP contribution >= 0.6 is 0 Å². The number of aliphatic hydroxyl groups is 2. The second-order valence-corrected chi connectivity index (χ2v) is 19.1. The first-order valence-corrected chi connectivity index (χ1v) is 25.2. The minimum atomic E-state index is -1.25. The van der Waals surface area contributed by atoms with Crippen molar-refractivity contribution in [2.45, 2.75) is 166 Å². The minimum absolute atomic E-state index is 0.122. The van der Waals surface area contributed by atoms with Gasteiger partial charge in [0.05, 0.1) is 12.2 Å². The molecule has 368 valence electrons. The summed E-state index contributed by atoms with van der Waals surface area (Å²) in [7, 11) is 0. The average Bonchev–Trinajstić information content (AvgIpc) is 3.33. The molecule has 2 unspecified atom stereocenters. The van der Waals surface area contributed by atoms with Crippen LogP contribution in [0.1, 0.15) is 153 Å². The lowest BCUT2D eigenvalue weighted by Gasteiger charge is -2.49. The van der Waals surface area contributed by atoms with E-state index in [0.29, 0.717) is 48.2 Å². The molecule has 68 heavy (non-hydrogen) atoms. The fraction of sp³-hybridized carbons (Fsp3) is 0.556. The van der Waals surface area contributed by atoms with Gasteiger partial charge < -0.3 is 50.4 Å². The Kier molecular flexibility index (Phi) is 17.1. The largest absolute Gasteiger partial charge is 0.461 e. The molecule has 0 aromatic heterocycles. The molecule has 4 aromatic rings. The molecule has 0 bridgehead atoms. The summed E-state index contributed by atoms with van der Waals surface area (Å²) in [6, 6.07) is 19.4. The number of unbranched alkanes of at least 4 members (excludes halogenated alkanes) is 8. The van der Waals surface area contributed by atoms with Gasteiger partial charge in [0.1, 0.15) is 26.4 Å². The fourth-order valence-corrected chi connectivity index (χ4v) is 9.85. The minimum Gasteiger partial charge on any atom is -0.461 e. The van der Waals surface area contributed by atoms with Crippen LogP contribution in [-0.2, 0) is 38.1 Å². The molecule has 7 rings (SSSR count). The number of ether oxygens (including phenoxy) is 4. The summed E-state index contributed by atoms with van der Waals surface area (Å²) < 4.78 is 23.5. The molecule has 1 saturated carbocycles. The maximum Gasteiger partial charge on any atom is 0.305 e. The first kappa shape index (κ1) is 50.3. The third-order valence-electron chi connectivity index (χ3n) is 13.6. The lowest BCUT2D eigenvalue weighted by atomic mass is 9.62. The first-order valence-electron chi connectivity index (χ1n) is 25.2. The molecule has 0 saturated heterocycles. The predicted octanol–water partition coefficient (Wildman–Crippen LogP) is 10.2. The smallest absolute Gasteiger partial charge is 0.305 e. The van der Waals surface area contributed by atoms with E-state index < -0.39 is 35.4 Å². The summed E-state index contributed by atoms with van der Waals surface area (Å²) in [6.07, 6.45) is 9.37. The number of hydrogen-bond donors (Lipinski definition) is 6. The summed E-state index contributed by atoms with van der Waals surface area (Å²) in [5.74, 6) is -2.80. The van der Waals surface area contributed by atoms with Crippen molar-refractivity contribution in [3.8, 4) is 0 Å². The van der Waals surface area contributed by atoms with E-state index in [1.165, 1.54) is 0 Å². The molecule has 2 aliphatic heterocycles. The Morgan fingerprint density at radius 3 is 1.38 bits per heavy atom. The van der Waals surface area contributed by atoms with E-state index in [0.717, 1.165) is 84.3 Å². The Balaban J connectivity index is 1.17. The van der Waals surface area contributed by atoms with Crippen LogP contribution in [0.25, 0.3) is 21.5 Å². The van der Waals surface area contributed by atoms with Crippen molar-refractivity contribution in [1.29, 1.82) is 0 Å². The molecule has 2 heterocycles. The van der Waals surface area contributed by atoms with Gasteiger partial charge in [-0.15, -0.1) is 0 Å². The Labute approximate surface area is 400 Å². The molecule has 2 atom stereocenters. The third kappa shape index (κ3) is 11.6. The number of carbonyl (C=O) groups excluding carboxylic acids is 4. The van der Waals surface area contributed by atoms with Crippen LogP contribution in [0.4, 0.5) is 22.7 Å². The van der Waals surface area contributed by atoms with Crippen LogP contribution < -0.4 is 21.3 Å². The maximum atomic E-state index is 13.0. The summed E-state index contributed by atoms with van der Waals surface area (Å²) in [5, 5.41) is 42.2. The lowest BCUT2D eigenvalue weighted by molar-refractivity contribution is -0.150. The van der Waals surface area contributed by atoms with Crippen molar-refractivity contribution in [1.82, 2.24) is 0 Å². The molecule has 0 amide bonds. The lowest BCUT2D eigenvalue weighted by Crippen LogP contribution is -2.57. The topological polar surface area (TPSA) is 194 Å². The number of esters is 4. The molecule has 3 aliphatic rings. The maximum absolute atomic E-state index is 13.0. The van der Waals surface area contributed by atoms with Crippen LogP contribution in [0.2, 0.25) is 0 Å². The predicted molar refractivity (Wildman–Crippen MR) is 266 cm³/mol. The Bertz CT molecular complexity index is 2340. The van der Waals surface area contributed by atoms with Gasteiger partial charge in [0, 0.05) is 71.0 Å². The number of benzene rings is 4. The highest BCUT2D eigenvalue weighted by Gasteiger charge is 2.53. The number of anilines is 4. The SMILES string of the molecule is CCCCCC(=O)OCC1(COC(=O)CCCCC)Nc2cccc3cc(C4C(O)C(c5ccc6cccc7c6c5NC(COC(=O)CCCCC)(COC(=O)CCCCC)N7)C4O)cc(c23)N1. The Morgan fingerprint density at radius 1 is 0.485 bits per heavy atom. The molecule has 14 heteroatoms. The van der Waals surface area contributed by atoms with Gasteiger partial charge in [-0.1, -0.05) is 122 Å². The molecular formula is C54H72N4O10. The second-order valence-electron chi connectivity index (χ2n) is 19.1. The van der Waals surface area contributed by atoms with Crippen molar-refractivity contribution in [2.75, 3.05) is 47.7 Å². The van der Waals surface area contributed by atoms with Crippen LogP contribution in [0.5, 0.6) is 0 Å². The molecular weight excluding hydrogens is 865 g/mol. The fourth-order valence-electron chi connectivity index (χ4n) is 9.85. The number of rotatable bonds is 26. The van der Waals surface area contributed by atoms with Crippen molar-refractivity contribution in [3.05, 3.63) is 71.8 Å². The van der Waals surface area contributed by atoms with E-state index >= 15 is 0 Å². The molecule has 1 aliphatic carbocycles. The highest BCUT2D eigenvalue weighted by Crippen LogP contribution is 2.54. The van der Waals surface area contributed by atoms with Crippen molar-refractivity contribution >= 4 is 68.2 Å².